The van der Waals surface area contributed by atoms with E-state index in [1.807, 2.05) is 12.1 Å². The maximum Gasteiger partial charge on any atom is 0.227 e. The molecular weight excluding hydrogens is 268 g/mol. The van der Waals surface area contributed by atoms with E-state index in [4.69, 9.17) is 9.15 Å². The minimum absolute atomic E-state index is 0.191. The first-order chi connectivity index (χ1) is 10.3. The highest BCUT2D eigenvalue weighted by atomic mass is 16.5. The molecule has 2 rings (SSSR count). The number of nitrogens with one attached hydrogen (secondary N) is 2. The Morgan fingerprint density at radius 2 is 2.48 bits per heavy atom. The van der Waals surface area contributed by atoms with Crippen LogP contribution < -0.4 is 10.6 Å². The zero-order valence-electron chi connectivity index (χ0n) is 12.8. The van der Waals surface area contributed by atoms with E-state index in [1.165, 1.54) is 0 Å². The number of hydrogen-bond acceptors (Lipinski definition) is 4. The minimum atomic E-state index is -0.191. The van der Waals surface area contributed by atoms with Gasteiger partial charge in [0.2, 0.25) is 5.91 Å². The van der Waals surface area contributed by atoms with E-state index in [0.29, 0.717) is 19.8 Å². The molecule has 1 amide bonds. The number of ether oxygens (including phenoxy) is 1. The van der Waals surface area contributed by atoms with Crippen molar-refractivity contribution in [1.82, 2.24) is 10.6 Å². The van der Waals surface area contributed by atoms with Crippen molar-refractivity contribution < 1.29 is 13.9 Å². The van der Waals surface area contributed by atoms with Crippen molar-refractivity contribution in [3.8, 4) is 0 Å². The molecule has 1 aliphatic heterocycles. The summed E-state index contributed by atoms with van der Waals surface area (Å²) in [6, 6.07) is 3.74. The van der Waals surface area contributed by atoms with E-state index in [9.17, 15) is 4.79 Å². The summed E-state index contributed by atoms with van der Waals surface area (Å²) in [4.78, 5) is 12.4. The van der Waals surface area contributed by atoms with Gasteiger partial charge in [-0.2, -0.15) is 0 Å². The maximum absolute atomic E-state index is 12.4. The van der Waals surface area contributed by atoms with Crippen molar-refractivity contribution in [3.63, 3.8) is 0 Å². The second kappa shape index (κ2) is 8.20. The van der Waals surface area contributed by atoms with Crippen molar-refractivity contribution in [3.05, 3.63) is 24.2 Å². The quantitative estimate of drug-likeness (QED) is 0.685. The molecule has 1 unspecified atom stereocenters. The summed E-state index contributed by atoms with van der Waals surface area (Å²) in [5, 5.41) is 6.37. The zero-order chi connectivity index (χ0) is 15.0. The summed E-state index contributed by atoms with van der Waals surface area (Å²) in [5.41, 5.74) is -0.191. The van der Waals surface area contributed by atoms with Crippen LogP contribution in [0.3, 0.4) is 0 Å². The molecule has 1 fully saturated rings. The van der Waals surface area contributed by atoms with Gasteiger partial charge in [-0.25, -0.2) is 0 Å². The Bertz CT molecular complexity index is 411. The van der Waals surface area contributed by atoms with Gasteiger partial charge in [0.1, 0.15) is 12.4 Å². The summed E-state index contributed by atoms with van der Waals surface area (Å²) in [6.45, 7) is 5.67. The van der Waals surface area contributed by atoms with Crippen molar-refractivity contribution in [2.45, 2.75) is 39.2 Å². The fourth-order valence-electron chi connectivity index (χ4n) is 2.87. The van der Waals surface area contributed by atoms with Crippen LogP contribution in [0.1, 0.15) is 38.4 Å². The van der Waals surface area contributed by atoms with E-state index < -0.39 is 0 Å². The lowest BCUT2D eigenvalue weighted by atomic mass is 9.81. The predicted octanol–water partition coefficient (Wildman–Crippen LogP) is 2.08. The topological polar surface area (TPSA) is 63.5 Å². The second-order valence-corrected chi connectivity index (χ2v) is 5.70. The molecule has 118 valence electrons. The zero-order valence-corrected chi connectivity index (χ0v) is 12.8. The summed E-state index contributed by atoms with van der Waals surface area (Å²) >= 11 is 0. The van der Waals surface area contributed by atoms with E-state index in [0.717, 1.165) is 44.5 Å². The van der Waals surface area contributed by atoms with E-state index in [2.05, 4.69) is 17.6 Å². The van der Waals surface area contributed by atoms with Crippen molar-refractivity contribution >= 4 is 5.91 Å². The molecule has 1 aliphatic rings. The van der Waals surface area contributed by atoms with Gasteiger partial charge >= 0.3 is 0 Å². The molecule has 2 N–H and O–H groups in total. The van der Waals surface area contributed by atoms with Gasteiger partial charge in [-0.3, -0.25) is 4.79 Å². The summed E-state index contributed by atoms with van der Waals surface area (Å²) in [6.07, 6.45) is 5.41. The Morgan fingerprint density at radius 3 is 3.14 bits per heavy atom. The smallest absolute Gasteiger partial charge is 0.227 e. The Hall–Kier alpha value is -1.33. The van der Waals surface area contributed by atoms with E-state index >= 15 is 0 Å². The van der Waals surface area contributed by atoms with Crippen molar-refractivity contribution in [2.75, 3.05) is 26.2 Å². The molecule has 0 aromatic carbocycles. The van der Waals surface area contributed by atoms with E-state index in [1.54, 1.807) is 6.26 Å². The fourth-order valence-corrected chi connectivity index (χ4v) is 2.87. The third kappa shape index (κ3) is 4.58. The normalized spacial score (nSPS) is 21.6. The highest BCUT2D eigenvalue weighted by molar-refractivity contribution is 5.83. The van der Waals surface area contributed by atoms with Gasteiger partial charge in [0.15, 0.2) is 0 Å². The highest BCUT2D eigenvalue weighted by Gasteiger charge is 2.39. The van der Waals surface area contributed by atoms with Gasteiger partial charge in [0, 0.05) is 19.7 Å². The number of furan rings is 1. The van der Waals surface area contributed by atoms with Crippen LogP contribution in [0.5, 0.6) is 0 Å². The molecule has 0 aliphatic carbocycles. The SMILES string of the molecule is CCCC1(C(=O)NCCCOCc2ccco2)CCNC1. The van der Waals surface area contributed by atoms with Crippen molar-refractivity contribution in [1.29, 1.82) is 0 Å². The molecule has 1 saturated heterocycles. The molecule has 0 radical (unpaired) electrons. The Kier molecular flexibility index (Phi) is 6.26. The largest absolute Gasteiger partial charge is 0.467 e. The lowest BCUT2D eigenvalue weighted by Crippen LogP contribution is -2.43. The minimum Gasteiger partial charge on any atom is -0.467 e. The first-order valence-electron chi connectivity index (χ1n) is 7.86. The van der Waals surface area contributed by atoms with Crippen LogP contribution >= 0.6 is 0 Å². The molecule has 5 nitrogen and oxygen atoms in total. The second-order valence-electron chi connectivity index (χ2n) is 5.70. The summed E-state index contributed by atoms with van der Waals surface area (Å²) in [5.74, 6) is 1.03. The van der Waals surface area contributed by atoms with Gasteiger partial charge in [0.05, 0.1) is 11.7 Å². The van der Waals surface area contributed by atoms with Crippen LogP contribution in [-0.4, -0.2) is 32.1 Å². The number of amides is 1. The van der Waals surface area contributed by atoms with Crippen LogP contribution in [-0.2, 0) is 16.1 Å². The van der Waals surface area contributed by atoms with Gasteiger partial charge < -0.3 is 19.8 Å². The molecule has 0 bridgehead atoms. The van der Waals surface area contributed by atoms with Gasteiger partial charge in [-0.15, -0.1) is 0 Å². The Balaban J connectivity index is 1.60. The fraction of sp³-hybridized carbons (Fsp3) is 0.688. The van der Waals surface area contributed by atoms with Crippen LogP contribution in [0.15, 0.2) is 22.8 Å². The summed E-state index contributed by atoms with van der Waals surface area (Å²) < 4.78 is 10.7. The molecule has 1 aromatic rings. The molecule has 0 saturated carbocycles. The van der Waals surface area contributed by atoms with Crippen LogP contribution in [0.4, 0.5) is 0 Å². The highest BCUT2D eigenvalue weighted by Crippen LogP contribution is 2.31. The number of rotatable bonds is 9. The molecule has 1 aromatic heterocycles. The van der Waals surface area contributed by atoms with Crippen molar-refractivity contribution in [2.24, 2.45) is 5.41 Å². The number of hydrogen-bond donors (Lipinski definition) is 2. The molecule has 21 heavy (non-hydrogen) atoms. The molecule has 1 atom stereocenters. The maximum atomic E-state index is 12.4. The molecule has 5 heteroatoms. The van der Waals surface area contributed by atoms with E-state index in [-0.39, 0.29) is 11.3 Å². The van der Waals surface area contributed by atoms with Crippen LogP contribution in [0.2, 0.25) is 0 Å². The third-order valence-electron chi connectivity index (χ3n) is 4.03. The number of carbonyl (C=O) groups excluding carboxylic acids is 1. The van der Waals surface area contributed by atoms with Gasteiger partial charge in [-0.05, 0) is 37.9 Å². The molecular formula is C16H26N2O3. The lowest BCUT2D eigenvalue weighted by molar-refractivity contribution is -0.130. The predicted molar refractivity (Wildman–Crippen MR) is 80.8 cm³/mol. The molecule has 2 heterocycles. The molecule has 0 spiro atoms. The lowest BCUT2D eigenvalue weighted by Gasteiger charge is -2.26. The summed E-state index contributed by atoms with van der Waals surface area (Å²) in [7, 11) is 0. The Labute approximate surface area is 126 Å². The average molecular weight is 294 g/mol. The van der Waals surface area contributed by atoms with Gasteiger partial charge in [-0.1, -0.05) is 13.3 Å². The number of carbonyl (C=O) groups is 1. The average Bonchev–Trinajstić information content (AvgIpc) is 3.15. The van der Waals surface area contributed by atoms with Gasteiger partial charge in [0.25, 0.3) is 0 Å². The van der Waals surface area contributed by atoms with Crippen LogP contribution in [0, 0.1) is 5.41 Å². The first-order valence-corrected chi connectivity index (χ1v) is 7.86. The van der Waals surface area contributed by atoms with Crippen LogP contribution in [0.25, 0.3) is 0 Å². The monoisotopic (exact) mass is 294 g/mol. The third-order valence-corrected chi connectivity index (χ3v) is 4.03. The first kappa shape index (κ1) is 16.0. The standard InChI is InChI=1S/C16H26N2O3/c1-2-6-16(7-9-17-13-16)15(19)18-8-4-10-20-12-14-5-3-11-21-14/h3,5,11,17H,2,4,6-10,12-13H2,1H3,(H,18,19). The Morgan fingerprint density at radius 1 is 1.57 bits per heavy atom.